The molecule has 0 spiro atoms. The Hall–Kier alpha value is -0.0400. The number of hydrogen-bond donors (Lipinski definition) is 0. The van der Waals surface area contributed by atoms with Gasteiger partial charge in [0.25, 0.3) is 0 Å². The van der Waals surface area contributed by atoms with Crippen molar-refractivity contribution in [2.45, 2.75) is 44.6 Å². The fourth-order valence-corrected chi connectivity index (χ4v) is 1.40. The van der Waals surface area contributed by atoms with Crippen LogP contribution in [-0.2, 0) is 4.74 Å². The van der Waals surface area contributed by atoms with Crippen LogP contribution in [0, 0.1) is 0 Å². The van der Waals surface area contributed by atoms with Gasteiger partial charge in [-0.25, -0.2) is 0 Å². The molecule has 0 bridgehead atoms. The van der Waals surface area contributed by atoms with Gasteiger partial charge in [-0.1, -0.05) is 19.3 Å². The van der Waals surface area contributed by atoms with Crippen LogP contribution < -0.4 is 0 Å². The largest absolute Gasteiger partial charge is 0.379 e. The molecule has 0 heterocycles. The molecule has 1 rings (SSSR count). The first-order valence-corrected chi connectivity index (χ1v) is 3.62. The summed E-state index contributed by atoms with van der Waals surface area (Å²) >= 11 is 0. The second kappa shape index (κ2) is 2.70. The standard InChI is InChI=1S/C8H16O/c1-8(9-2)6-4-3-5-7-8/h3-7H2,1-2H3/i2D3. The van der Waals surface area contributed by atoms with Gasteiger partial charge in [0.15, 0.2) is 0 Å². The van der Waals surface area contributed by atoms with Crippen LogP contribution in [0.15, 0.2) is 0 Å². The van der Waals surface area contributed by atoms with Gasteiger partial charge < -0.3 is 4.74 Å². The molecule has 1 nitrogen and oxygen atoms in total. The van der Waals surface area contributed by atoms with Gasteiger partial charge in [0, 0.05) is 7.04 Å². The zero-order valence-electron chi connectivity index (χ0n) is 8.94. The normalized spacial score (nSPS) is 32.3. The van der Waals surface area contributed by atoms with E-state index in [1.165, 1.54) is 6.42 Å². The van der Waals surface area contributed by atoms with Gasteiger partial charge in [0.2, 0.25) is 0 Å². The summed E-state index contributed by atoms with van der Waals surface area (Å²) in [6, 6.07) is 0. The Kier molecular flexibility index (Phi) is 1.19. The summed E-state index contributed by atoms with van der Waals surface area (Å²) in [7, 11) is -2.23. The second-order valence-corrected chi connectivity index (χ2v) is 3.11. The van der Waals surface area contributed by atoms with Gasteiger partial charge in [-0.15, -0.1) is 0 Å². The van der Waals surface area contributed by atoms with Gasteiger partial charge in [-0.3, -0.25) is 0 Å². The second-order valence-electron chi connectivity index (χ2n) is 3.11. The Balaban J connectivity index is 2.47. The molecule has 0 saturated heterocycles. The molecule has 0 aromatic carbocycles. The minimum atomic E-state index is -2.23. The molecule has 0 radical (unpaired) electrons. The monoisotopic (exact) mass is 131 g/mol. The molecule has 0 atom stereocenters. The molecule has 0 aromatic heterocycles. The summed E-state index contributed by atoms with van der Waals surface area (Å²) in [5.74, 6) is 0. The van der Waals surface area contributed by atoms with Crippen molar-refractivity contribution in [3.63, 3.8) is 0 Å². The Labute approximate surface area is 61.6 Å². The van der Waals surface area contributed by atoms with E-state index in [2.05, 4.69) is 0 Å². The van der Waals surface area contributed by atoms with Crippen molar-refractivity contribution in [2.75, 3.05) is 7.04 Å². The quantitative estimate of drug-likeness (QED) is 0.531. The fraction of sp³-hybridized carbons (Fsp3) is 1.00. The van der Waals surface area contributed by atoms with E-state index in [1.54, 1.807) is 0 Å². The molecule has 1 fully saturated rings. The van der Waals surface area contributed by atoms with Crippen LogP contribution in [0.5, 0.6) is 0 Å². The topological polar surface area (TPSA) is 9.23 Å². The number of rotatable bonds is 1. The first-order chi connectivity index (χ1) is 5.41. The highest BCUT2D eigenvalue weighted by Gasteiger charge is 2.25. The van der Waals surface area contributed by atoms with E-state index in [0.29, 0.717) is 0 Å². The summed E-state index contributed by atoms with van der Waals surface area (Å²) in [5, 5.41) is 0. The van der Waals surface area contributed by atoms with Gasteiger partial charge in [0.05, 0.1) is 9.71 Å². The summed E-state index contributed by atoms with van der Waals surface area (Å²) in [6.07, 6.45) is 5.15. The lowest BCUT2D eigenvalue weighted by Gasteiger charge is -2.31. The number of methoxy groups -OCH3 is 1. The van der Waals surface area contributed by atoms with Gasteiger partial charge in [-0.2, -0.15) is 0 Å². The predicted molar refractivity (Wildman–Crippen MR) is 38.5 cm³/mol. The van der Waals surface area contributed by atoms with Crippen molar-refractivity contribution >= 4 is 0 Å². The van der Waals surface area contributed by atoms with Crippen LogP contribution in [0.2, 0.25) is 0 Å². The van der Waals surface area contributed by atoms with Crippen molar-refractivity contribution in [1.82, 2.24) is 0 Å². The van der Waals surface area contributed by atoms with Gasteiger partial charge >= 0.3 is 0 Å². The SMILES string of the molecule is [2H]C([2H])([2H])OC1(C)CCCCC1. The van der Waals surface area contributed by atoms with Crippen molar-refractivity contribution in [3.05, 3.63) is 0 Å². The predicted octanol–water partition coefficient (Wildman–Crippen LogP) is 2.36. The van der Waals surface area contributed by atoms with Crippen LogP contribution in [-0.4, -0.2) is 12.6 Å². The third-order valence-electron chi connectivity index (χ3n) is 2.16. The Morgan fingerprint density at radius 3 is 2.56 bits per heavy atom. The maximum Gasteiger partial charge on any atom is 0.0650 e. The molecule has 1 saturated carbocycles. The Morgan fingerprint density at radius 1 is 1.33 bits per heavy atom. The lowest BCUT2D eigenvalue weighted by Crippen LogP contribution is -2.29. The van der Waals surface area contributed by atoms with E-state index in [1.807, 2.05) is 6.92 Å². The van der Waals surface area contributed by atoms with Crippen molar-refractivity contribution in [1.29, 1.82) is 0 Å². The van der Waals surface area contributed by atoms with Gasteiger partial charge in [-0.05, 0) is 19.8 Å². The number of ether oxygens (including phenoxy) is 1. The minimum absolute atomic E-state index is 0.399. The van der Waals surface area contributed by atoms with E-state index in [-0.39, 0.29) is 0 Å². The van der Waals surface area contributed by atoms with E-state index in [4.69, 9.17) is 8.85 Å². The number of hydrogen-bond acceptors (Lipinski definition) is 1. The van der Waals surface area contributed by atoms with Crippen LogP contribution in [0.1, 0.15) is 43.1 Å². The summed E-state index contributed by atoms with van der Waals surface area (Å²) < 4.78 is 26.1. The molecular formula is C8H16O. The highest BCUT2D eigenvalue weighted by atomic mass is 16.5. The van der Waals surface area contributed by atoms with Crippen molar-refractivity contribution in [3.8, 4) is 0 Å². The van der Waals surface area contributed by atoms with E-state index < -0.39 is 12.6 Å². The molecule has 1 aliphatic rings. The zero-order chi connectivity index (χ0) is 9.24. The lowest BCUT2D eigenvalue weighted by molar-refractivity contribution is -0.0231. The maximum absolute atomic E-state index is 7.00. The molecule has 54 valence electrons. The molecule has 0 aromatic rings. The van der Waals surface area contributed by atoms with Crippen molar-refractivity contribution < 1.29 is 8.85 Å². The lowest BCUT2D eigenvalue weighted by atomic mass is 9.86. The Morgan fingerprint density at radius 2 is 2.00 bits per heavy atom. The van der Waals surface area contributed by atoms with Gasteiger partial charge in [0.1, 0.15) is 0 Å². The average molecular weight is 131 g/mol. The smallest absolute Gasteiger partial charge is 0.0650 e. The molecule has 1 heteroatoms. The van der Waals surface area contributed by atoms with E-state index in [0.717, 1.165) is 25.7 Å². The maximum atomic E-state index is 7.00. The highest BCUT2D eigenvalue weighted by molar-refractivity contribution is 4.78. The van der Waals surface area contributed by atoms with Crippen molar-refractivity contribution in [2.24, 2.45) is 0 Å². The van der Waals surface area contributed by atoms with Crippen LogP contribution in [0.3, 0.4) is 0 Å². The minimum Gasteiger partial charge on any atom is -0.379 e. The molecule has 0 amide bonds. The summed E-state index contributed by atoms with van der Waals surface area (Å²) in [5.41, 5.74) is -0.399. The fourth-order valence-electron chi connectivity index (χ4n) is 1.40. The molecule has 9 heavy (non-hydrogen) atoms. The highest BCUT2D eigenvalue weighted by Crippen LogP contribution is 2.29. The summed E-state index contributed by atoms with van der Waals surface area (Å²) in [6.45, 7) is 1.90. The molecule has 0 unspecified atom stereocenters. The van der Waals surface area contributed by atoms with Crippen LogP contribution >= 0.6 is 0 Å². The first-order valence-electron chi connectivity index (χ1n) is 5.12. The molecule has 0 aliphatic heterocycles. The summed E-state index contributed by atoms with van der Waals surface area (Å²) in [4.78, 5) is 0. The van der Waals surface area contributed by atoms with E-state index >= 15 is 0 Å². The van der Waals surface area contributed by atoms with Crippen LogP contribution in [0.25, 0.3) is 0 Å². The third-order valence-corrected chi connectivity index (χ3v) is 2.16. The molecule has 1 aliphatic carbocycles. The Bertz CT molecular complexity index is 147. The molecular weight excluding hydrogens is 112 g/mol. The first kappa shape index (κ1) is 3.97. The zero-order valence-corrected chi connectivity index (χ0v) is 5.94. The van der Waals surface area contributed by atoms with E-state index in [9.17, 15) is 0 Å². The third kappa shape index (κ3) is 1.68. The van der Waals surface area contributed by atoms with Crippen LogP contribution in [0.4, 0.5) is 0 Å². The molecule has 0 N–H and O–H groups in total. The average Bonchev–Trinajstić information content (AvgIpc) is 1.83.